The zero-order chi connectivity index (χ0) is 14.5. The van der Waals surface area contributed by atoms with Crippen molar-refractivity contribution >= 4 is 11.8 Å². The topological polar surface area (TPSA) is 66.0 Å². The molecular weight excluding hydrogens is 272 g/mol. The monoisotopic (exact) mass is 290 g/mol. The maximum atomic E-state index is 12.2. The van der Waals surface area contributed by atoms with Gasteiger partial charge in [0.05, 0.1) is 5.69 Å². The normalized spacial score (nSPS) is 10.7. The van der Waals surface area contributed by atoms with Crippen molar-refractivity contribution in [2.45, 2.75) is 31.3 Å². The van der Waals surface area contributed by atoms with Gasteiger partial charge in [0.1, 0.15) is 5.75 Å². The third-order valence-corrected chi connectivity index (χ3v) is 3.66. The van der Waals surface area contributed by atoms with Gasteiger partial charge in [-0.3, -0.25) is 4.79 Å². The molecule has 0 spiro atoms. The lowest BCUT2D eigenvalue weighted by Gasteiger charge is -2.09. The van der Waals surface area contributed by atoms with Crippen LogP contribution in [0.2, 0.25) is 0 Å². The first kappa shape index (κ1) is 14.7. The van der Waals surface area contributed by atoms with Crippen LogP contribution in [-0.4, -0.2) is 21.3 Å². The maximum Gasteiger partial charge on any atom is 0.255 e. The van der Waals surface area contributed by atoms with Crippen molar-refractivity contribution in [2.24, 2.45) is 0 Å². The summed E-state index contributed by atoms with van der Waals surface area (Å²) in [5.41, 5.74) is 2.51. The number of nitrogens with zero attached hydrogens (tertiary/aromatic N) is 1. The predicted octanol–water partition coefficient (Wildman–Crippen LogP) is 2.74. The van der Waals surface area contributed by atoms with Crippen LogP contribution in [0.3, 0.4) is 0 Å². The van der Waals surface area contributed by atoms with Gasteiger partial charge in [0.2, 0.25) is 0 Å². The van der Waals surface area contributed by atoms with Gasteiger partial charge in [-0.1, -0.05) is 37.2 Å². The summed E-state index contributed by atoms with van der Waals surface area (Å²) >= 11 is 1.44. The molecule has 0 atom stereocenters. The lowest BCUT2D eigenvalue weighted by Crippen LogP contribution is -2.19. The van der Waals surface area contributed by atoms with Crippen LogP contribution in [0.15, 0.2) is 34.2 Å². The molecule has 1 aromatic carbocycles. The van der Waals surface area contributed by atoms with Crippen LogP contribution in [-0.2, 0) is 12.8 Å². The number of phenols is 1. The van der Waals surface area contributed by atoms with E-state index in [1.807, 2.05) is 18.4 Å². The lowest BCUT2D eigenvalue weighted by molar-refractivity contribution is 0.475. The number of benzene rings is 1. The fourth-order valence-electron chi connectivity index (χ4n) is 2.06. The summed E-state index contributed by atoms with van der Waals surface area (Å²) in [5, 5.41) is 9.96. The molecule has 2 rings (SSSR count). The Hall–Kier alpha value is -1.75. The van der Waals surface area contributed by atoms with Crippen LogP contribution < -0.4 is 5.56 Å². The molecule has 4 nitrogen and oxygen atoms in total. The second-order valence-corrected chi connectivity index (χ2v) is 5.39. The smallest absolute Gasteiger partial charge is 0.255 e. The first-order chi connectivity index (χ1) is 9.63. The second-order valence-electron chi connectivity index (χ2n) is 4.59. The fraction of sp³-hybridized carbons (Fsp3) is 0.333. The summed E-state index contributed by atoms with van der Waals surface area (Å²) in [4.78, 5) is 19.5. The number of hydrogen-bond donors (Lipinski definition) is 2. The van der Waals surface area contributed by atoms with Crippen molar-refractivity contribution < 1.29 is 5.11 Å². The van der Waals surface area contributed by atoms with E-state index in [1.165, 1.54) is 11.8 Å². The zero-order valence-corrected chi connectivity index (χ0v) is 12.5. The molecule has 106 valence electrons. The average molecular weight is 290 g/mol. The Bertz CT molecular complexity index is 635. The molecule has 0 amide bonds. The molecule has 2 aromatic rings. The van der Waals surface area contributed by atoms with Gasteiger partial charge in [-0.2, -0.15) is 0 Å². The van der Waals surface area contributed by atoms with Crippen molar-refractivity contribution in [3.63, 3.8) is 0 Å². The van der Waals surface area contributed by atoms with Crippen molar-refractivity contribution in [1.29, 1.82) is 0 Å². The van der Waals surface area contributed by atoms with E-state index in [2.05, 4.69) is 16.9 Å². The number of aromatic nitrogens is 2. The van der Waals surface area contributed by atoms with Crippen molar-refractivity contribution in [3.05, 3.63) is 51.4 Å². The summed E-state index contributed by atoms with van der Waals surface area (Å²) in [5.74, 6) is 0.229. The molecule has 0 unspecified atom stereocenters. The Labute approximate surface area is 122 Å². The highest BCUT2D eigenvalue weighted by Gasteiger charge is 2.11. The molecule has 1 heterocycles. The number of thioether (sulfide) groups is 1. The van der Waals surface area contributed by atoms with E-state index in [9.17, 15) is 9.90 Å². The van der Waals surface area contributed by atoms with E-state index in [1.54, 1.807) is 12.1 Å². The number of aryl methyl sites for hydroxylation is 1. The van der Waals surface area contributed by atoms with E-state index < -0.39 is 0 Å². The molecule has 0 aliphatic carbocycles. The van der Waals surface area contributed by atoms with Gasteiger partial charge in [0.25, 0.3) is 5.56 Å². The quantitative estimate of drug-likeness (QED) is 0.656. The predicted molar refractivity (Wildman–Crippen MR) is 81.5 cm³/mol. The minimum absolute atomic E-state index is 0.0686. The van der Waals surface area contributed by atoms with Crippen LogP contribution in [0.1, 0.15) is 30.2 Å². The summed E-state index contributed by atoms with van der Waals surface area (Å²) in [6, 6.07) is 6.92. The van der Waals surface area contributed by atoms with E-state index in [0.717, 1.165) is 29.7 Å². The Kier molecular flexibility index (Phi) is 4.84. The van der Waals surface area contributed by atoms with E-state index in [-0.39, 0.29) is 11.3 Å². The average Bonchev–Trinajstić information content (AvgIpc) is 2.44. The third-order valence-electron chi connectivity index (χ3n) is 3.08. The van der Waals surface area contributed by atoms with E-state index in [4.69, 9.17) is 0 Å². The van der Waals surface area contributed by atoms with Crippen LogP contribution in [0.4, 0.5) is 0 Å². The highest BCUT2D eigenvalue weighted by Crippen LogP contribution is 2.16. The molecule has 2 N–H and O–H groups in total. The standard InChI is InChI=1S/C15H18N2O2S/c1-3-4-13-12(14(19)17-15(16-13)20-2)9-10-5-7-11(18)8-6-10/h5-8,18H,3-4,9H2,1-2H3,(H,16,17,19). The molecule has 0 radical (unpaired) electrons. The summed E-state index contributed by atoms with van der Waals surface area (Å²) < 4.78 is 0. The van der Waals surface area contributed by atoms with Crippen LogP contribution in [0.25, 0.3) is 0 Å². The van der Waals surface area contributed by atoms with Gasteiger partial charge >= 0.3 is 0 Å². The number of phenolic OH excluding ortho intramolecular Hbond substituents is 1. The van der Waals surface area contributed by atoms with E-state index in [0.29, 0.717) is 11.6 Å². The number of nitrogens with one attached hydrogen (secondary N) is 1. The Balaban J connectivity index is 2.39. The fourth-order valence-corrected chi connectivity index (χ4v) is 2.46. The molecule has 0 aliphatic rings. The van der Waals surface area contributed by atoms with Crippen molar-refractivity contribution in [2.75, 3.05) is 6.26 Å². The summed E-state index contributed by atoms with van der Waals surface area (Å²) in [6.45, 7) is 2.08. The number of aromatic hydroxyl groups is 1. The largest absolute Gasteiger partial charge is 0.508 e. The van der Waals surface area contributed by atoms with Crippen molar-refractivity contribution in [3.8, 4) is 5.75 Å². The van der Waals surface area contributed by atoms with Gasteiger partial charge < -0.3 is 10.1 Å². The van der Waals surface area contributed by atoms with Crippen LogP contribution >= 0.6 is 11.8 Å². The Morgan fingerprint density at radius 3 is 2.60 bits per heavy atom. The van der Waals surface area contributed by atoms with Gasteiger partial charge in [0.15, 0.2) is 5.16 Å². The Morgan fingerprint density at radius 1 is 1.30 bits per heavy atom. The molecular formula is C15H18N2O2S. The SMILES string of the molecule is CCCc1nc(SC)[nH]c(=O)c1Cc1ccc(O)cc1. The number of H-pyrrole nitrogens is 1. The van der Waals surface area contributed by atoms with Crippen LogP contribution in [0, 0.1) is 0 Å². The summed E-state index contributed by atoms with van der Waals surface area (Å²) in [7, 11) is 0. The minimum Gasteiger partial charge on any atom is -0.508 e. The molecule has 1 aromatic heterocycles. The second kappa shape index (κ2) is 6.61. The number of rotatable bonds is 5. The van der Waals surface area contributed by atoms with Crippen LogP contribution in [0.5, 0.6) is 5.75 Å². The maximum absolute atomic E-state index is 12.2. The molecule has 20 heavy (non-hydrogen) atoms. The van der Waals surface area contributed by atoms with E-state index >= 15 is 0 Å². The summed E-state index contributed by atoms with van der Waals surface area (Å²) in [6.07, 6.45) is 4.18. The van der Waals surface area contributed by atoms with Gasteiger partial charge in [-0.05, 0) is 30.4 Å². The molecule has 0 saturated carbocycles. The van der Waals surface area contributed by atoms with Gasteiger partial charge in [-0.15, -0.1) is 0 Å². The van der Waals surface area contributed by atoms with Crippen molar-refractivity contribution in [1.82, 2.24) is 9.97 Å². The highest BCUT2D eigenvalue weighted by molar-refractivity contribution is 7.98. The Morgan fingerprint density at radius 2 is 2.00 bits per heavy atom. The lowest BCUT2D eigenvalue weighted by atomic mass is 10.0. The number of aromatic amines is 1. The van der Waals surface area contributed by atoms with Gasteiger partial charge in [-0.25, -0.2) is 4.98 Å². The first-order valence-electron chi connectivity index (χ1n) is 6.58. The number of hydrogen-bond acceptors (Lipinski definition) is 4. The van der Waals surface area contributed by atoms with Gasteiger partial charge in [0, 0.05) is 12.0 Å². The highest BCUT2D eigenvalue weighted by atomic mass is 32.2. The molecule has 0 saturated heterocycles. The molecule has 0 aliphatic heterocycles. The minimum atomic E-state index is -0.0686. The molecule has 0 fully saturated rings. The first-order valence-corrected chi connectivity index (χ1v) is 7.80. The molecule has 5 heteroatoms. The zero-order valence-electron chi connectivity index (χ0n) is 11.6. The molecule has 0 bridgehead atoms. The third kappa shape index (κ3) is 3.42.